The molecule has 0 aliphatic heterocycles. The zero-order valence-electron chi connectivity index (χ0n) is 8.83. The molecule has 82 valence electrons. The van der Waals surface area contributed by atoms with E-state index in [0.717, 1.165) is 6.29 Å². The highest BCUT2D eigenvalue weighted by molar-refractivity contribution is 5.79. The number of nitrogens with zero attached hydrogens (tertiary/aromatic N) is 3. The van der Waals surface area contributed by atoms with E-state index in [4.69, 9.17) is 4.74 Å². The van der Waals surface area contributed by atoms with Crippen molar-refractivity contribution in [3.8, 4) is 11.6 Å². The van der Waals surface area contributed by atoms with Crippen molar-refractivity contribution >= 4 is 6.29 Å². The molecule has 0 aliphatic carbocycles. The molecule has 0 radical (unpaired) electrons. The van der Waals surface area contributed by atoms with E-state index in [1.165, 1.54) is 4.68 Å². The summed E-state index contributed by atoms with van der Waals surface area (Å²) >= 11 is 0. The van der Waals surface area contributed by atoms with Gasteiger partial charge < -0.3 is 4.74 Å². The number of carbonyl (C=O) groups is 1. The Balaban J connectivity index is 2.38. The molecule has 2 aromatic heterocycles. The molecule has 16 heavy (non-hydrogen) atoms. The Morgan fingerprint density at radius 1 is 1.56 bits per heavy atom. The quantitative estimate of drug-likeness (QED) is 0.728. The van der Waals surface area contributed by atoms with Gasteiger partial charge in [0.1, 0.15) is 0 Å². The maximum atomic E-state index is 10.8. The lowest BCUT2D eigenvalue weighted by molar-refractivity contribution is 0.112. The van der Waals surface area contributed by atoms with Gasteiger partial charge in [0.05, 0.1) is 24.6 Å². The molecule has 0 aliphatic rings. The second-order valence-corrected chi connectivity index (χ2v) is 3.09. The van der Waals surface area contributed by atoms with E-state index in [-0.39, 0.29) is 0 Å². The first-order chi connectivity index (χ1) is 7.85. The van der Waals surface area contributed by atoms with Crippen LogP contribution in [-0.2, 0) is 0 Å². The molecule has 0 unspecified atom stereocenters. The third kappa shape index (κ3) is 1.93. The molecule has 2 heterocycles. The highest BCUT2D eigenvalue weighted by Crippen LogP contribution is 2.13. The minimum Gasteiger partial charge on any atom is -0.491 e. The molecule has 0 saturated carbocycles. The molecule has 0 amide bonds. The van der Waals surface area contributed by atoms with E-state index in [2.05, 4.69) is 10.1 Å². The van der Waals surface area contributed by atoms with Gasteiger partial charge in [0.15, 0.2) is 17.9 Å². The summed E-state index contributed by atoms with van der Waals surface area (Å²) in [5, 5.41) is 4.08. The predicted octanol–water partition coefficient (Wildman–Crippen LogP) is 1.48. The summed E-state index contributed by atoms with van der Waals surface area (Å²) in [6, 6.07) is 3.40. The highest BCUT2D eigenvalue weighted by atomic mass is 16.5. The summed E-state index contributed by atoms with van der Waals surface area (Å²) in [5.74, 6) is 1.16. The topological polar surface area (TPSA) is 57.0 Å². The van der Waals surface area contributed by atoms with Gasteiger partial charge in [-0.2, -0.15) is 5.10 Å². The molecule has 0 saturated heterocycles. The number of aldehydes is 1. The average molecular weight is 217 g/mol. The van der Waals surface area contributed by atoms with Crippen molar-refractivity contribution in [3.63, 3.8) is 0 Å². The van der Waals surface area contributed by atoms with Crippen molar-refractivity contribution in [1.29, 1.82) is 0 Å². The molecular formula is C11H11N3O2. The lowest BCUT2D eigenvalue weighted by atomic mass is 10.3. The van der Waals surface area contributed by atoms with E-state index in [1.807, 2.05) is 6.92 Å². The van der Waals surface area contributed by atoms with Gasteiger partial charge in [0.25, 0.3) is 0 Å². The van der Waals surface area contributed by atoms with Crippen LogP contribution in [0.5, 0.6) is 5.75 Å². The van der Waals surface area contributed by atoms with Gasteiger partial charge in [0.2, 0.25) is 0 Å². The van der Waals surface area contributed by atoms with Crippen molar-refractivity contribution in [2.75, 3.05) is 6.61 Å². The van der Waals surface area contributed by atoms with Crippen LogP contribution in [0.1, 0.15) is 17.3 Å². The molecular weight excluding hydrogens is 206 g/mol. The van der Waals surface area contributed by atoms with E-state index in [9.17, 15) is 4.79 Å². The summed E-state index contributed by atoms with van der Waals surface area (Å²) in [4.78, 5) is 14.9. The molecule has 0 aromatic carbocycles. The molecule has 0 bridgehead atoms. The normalized spacial score (nSPS) is 10.1. The highest BCUT2D eigenvalue weighted by Gasteiger charge is 2.06. The van der Waals surface area contributed by atoms with Crippen LogP contribution in [0.25, 0.3) is 5.82 Å². The van der Waals surface area contributed by atoms with Gasteiger partial charge in [-0.3, -0.25) is 4.79 Å². The average Bonchev–Trinajstić information content (AvgIpc) is 2.78. The van der Waals surface area contributed by atoms with Gasteiger partial charge in [-0.1, -0.05) is 0 Å². The van der Waals surface area contributed by atoms with E-state index in [0.29, 0.717) is 23.7 Å². The maximum absolute atomic E-state index is 10.8. The fourth-order valence-electron chi connectivity index (χ4n) is 1.36. The first kappa shape index (κ1) is 10.4. The van der Waals surface area contributed by atoms with Gasteiger partial charge >= 0.3 is 0 Å². The molecule has 0 atom stereocenters. The van der Waals surface area contributed by atoms with Crippen molar-refractivity contribution in [2.45, 2.75) is 6.92 Å². The Labute approximate surface area is 92.7 Å². The van der Waals surface area contributed by atoms with Gasteiger partial charge in [-0.05, 0) is 19.1 Å². The van der Waals surface area contributed by atoms with Crippen molar-refractivity contribution < 1.29 is 9.53 Å². The molecule has 0 N–H and O–H groups in total. The zero-order chi connectivity index (χ0) is 11.4. The summed E-state index contributed by atoms with van der Waals surface area (Å²) in [6.07, 6.45) is 5.65. The third-order valence-electron chi connectivity index (χ3n) is 2.03. The predicted molar refractivity (Wildman–Crippen MR) is 57.9 cm³/mol. The lowest BCUT2D eigenvalue weighted by Gasteiger charge is -2.02. The number of ether oxygens (including phenoxy) is 1. The van der Waals surface area contributed by atoms with Crippen molar-refractivity contribution in [1.82, 2.24) is 14.8 Å². The van der Waals surface area contributed by atoms with Crippen LogP contribution in [-0.4, -0.2) is 27.7 Å². The largest absolute Gasteiger partial charge is 0.491 e. The maximum Gasteiger partial charge on any atom is 0.164 e. The fourth-order valence-corrected chi connectivity index (χ4v) is 1.36. The molecule has 2 rings (SSSR count). The Bertz CT molecular complexity index is 493. The van der Waals surface area contributed by atoms with Crippen LogP contribution in [0.3, 0.4) is 0 Å². The first-order valence-electron chi connectivity index (χ1n) is 4.93. The third-order valence-corrected chi connectivity index (χ3v) is 2.03. The van der Waals surface area contributed by atoms with Gasteiger partial charge in [-0.15, -0.1) is 0 Å². The minimum atomic E-state index is 0.494. The van der Waals surface area contributed by atoms with Gasteiger partial charge in [0, 0.05) is 6.20 Å². The van der Waals surface area contributed by atoms with Crippen LogP contribution < -0.4 is 4.74 Å². The number of rotatable bonds is 4. The minimum absolute atomic E-state index is 0.494. The number of carbonyl (C=O) groups excluding carboxylic acids is 1. The van der Waals surface area contributed by atoms with E-state index < -0.39 is 0 Å². The van der Waals surface area contributed by atoms with Crippen LogP contribution in [0, 0.1) is 0 Å². The Morgan fingerprint density at radius 2 is 2.44 bits per heavy atom. The first-order valence-corrected chi connectivity index (χ1v) is 4.93. The Kier molecular flexibility index (Phi) is 2.95. The molecule has 0 fully saturated rings. The molecule has 5 nitrogen and oxygen atoms in total. The van der Waals surface area contributed by atoms with Crippen molar-refractivity contribution in [2.24, 2.45) is 0 Å². The number of aromatic nitrogens is 3. The summed E-state index contributed by atoms with van der Waals surface area (Å²) < 4.78 is 6.80. The fraction of sp³-hybridized carbons (Fsp3) is 0.182. The molecule has 0 spiro atoms. The monoisotopic (exact) mass is 217 g/mol. The summed E-state index contributed by atoms with van der Waals surface area (Å²) in [5.41, 5.74) is 0.494. The number of hydrogen-bond donors (Lipinski definition) is 0. The van der Waals surface area contributed by atoms with Crippen LogP contribution in [0.2, 0.25) is 0 Å². The zero-order valence-corrected chi connectivity index (χ0v) is 8.83. The van der Waals surface area contributed by atoms with E-state index in [1.54, 1.807) is 30.7 Å². The molecule has 2 aromatic rings. The standard InChI is InChI=1S/C11H11N3O2/c1-2-16-10-6-13-14(7-10)11-9(8-15)4-3-5-12-11/h3-8H,2H2,1H3. The Hall–Kier alpha value is -2.17. The lowest BCUT2D eigenvalue weighted by Crippen LogP contribution is -2.02. The number of pyridine rings is 1. The smallest absolute Gasteiger partial charge is 0.164 e. The summed E-state index contributed by atoms with van der Waals surface area (Å²) in [6.45, 7) is 2.48. The second-order valence-electron chi connectivity index (χ2n) is 3.09. The number of hydrogen-bond acceptors (Lipinski definition) is 4. The SMILES string of the molecule is CCOc1cnn(-c2ncccc2C=O)c1. The van der Waals surface area contributed by atoms with Crippen LogP contribution >= 0.6 is 0 Å². The van der Waals surface area contributed by atoms with E-state index >= 15 is 0 Å². The van der Waals surface area contributed by atoms with Gasteiger partial charge in [-0.25, -0.2) is 9.67 Å². The Morgan fingerprint density at radius 3 is 3.19 bits per heavy atom. The molecule has 5 heteroatoms. The van der Waals surface area contributed by atoms with Crippen LogP contribution in [0.15, 0.2) is 30.7 Å². The van der Waals surface area contributed by atoms with Crippen molar-refractivity contribution in [3.05, 3.63) is 36.3 Å². The summed E-state index contributed by atoms with van der Waals surface area (Å²) in [7, 11) is 0. The second kappa shape index (κ2) is 4.57. The van der Waals surface area contributed by atoms with Crippen LogP contribution in [0.4, 0.5) is 0 Å².